The number of amides is 3. The van der Waals surface area contributed by atoms with Crippen LogP contribution < -0.4 is 16.0 Å². The Bertz CT molecular complexity index is 1100. The zero-order valence-electron chi connectivity index (χ0n) is 15.8. The van der Waals surface area contributed by atoms with Crippen molar-refractivity contribution in [1.82, 2.24) is 5.32 Å². The molecule has 3 amide bonds. The minimum Gasteiger partial charge on any atom is -0.342 e. The third-order valence-corrected chi connectivity index (χ3v) is 5.75. The molecule has 1 aromatic heterocycles. The molecule has 0 saturated carbocycles. The fourth-order valence-electron chi connectivity index (χ4n) is 2.57. The maximum absolute atomic E-state index is 12.5. The monoisotopic (exact) mass is 461 g/mol. The standard InChI is InChI=1S/C21H17Cl2N3O3S/c1-12-10-18(26-20(28)15-4-2-3-5-16(15)23)30-19(12)21(29)24-11-17(27)25-14-8-6-13(22)7-9-14/h2-10H,11H2,1H3,(H,24,29)(H,25,27)(H,26,28). The number of rotatable bonds is 6. The molecule has 0 fully saturated rings. The van der Waals surface area contributed by atoms with Crippen LogP contribution in [-0.2, 0) is 4.79 Å². The molecule has 0 radical (unpaired) electrons. The van der Waals surface area contributed by atoms with E-state index in [9.17, 15) is 14.4 Å². The first-order chi connectivity index (χ1) is 14.3. The van der Waals surface area contributed by atoms with Gasteiger partial charge in [0.15, 0.2) is 0 Å². The average molecular weight is 462 g/mol. The Kier molecular flexibility index (Phi) is 7.10. The highest BCUT2D eigenvalue weighted by molar-refractivity contribution is 7.18. The molecule has 0 saturated heterocycles. The third kappa shape index (κ3) is 5.60. The Balaban J connectivity index is 1.58. The number of nitrogens with one attached hydrogen (secondary N) is 3. The van der Waals surface area contributed by atoms with Crippen LogP contribution in [0.4, 0.5) is 10.7 Å². The summed E-state index contributed by atoms with van der Waals surface area (Å²) in [6.45, 7) is 1.56. The van der Waals surface area contributed by atoms with Crippen molar-refractivity contribution in [3.05, 3.63) is 80.6 Å². The van der Waals surface area contributed by atoms with Crippen molar-refractivity contribution >= 4 is 62.9 Å². The molecule has 0 aliphatic carbocycles. The zero-order valence-corrected chi connectivity index (χ0v) is 18.1. The molecular formula is C21H17Cl2N3O3S. The second kappa shape index (κ2) is 9.75. The first-order valence-corrected chi connectivity index (χ1v) is 10.4. The van der Waals surface area contributed by atoms with Crippen molar-refractivity contribution in [1.29, 1.82) is 0 Å². The number of anilines is 2. The lowest BCUT2D eigenvalue weighted by atomic mass is 10.2. The fourth-order valence-corrected chi connectivity index (χ4v) is 3.90. The molecular weight excluding hydrogens is 445 g/mol. The van der Waals surface area contributed by atoms with E-state index in [0.29, 0.717) is 36.7 Å². The summed E-state index contributed by atoms with van der Waals surface area (Å²) < 4.78 is 0. The average Bonchev–Trinajstić information content (AvgIpc) is 3.08. The van der Waals surface area contributed by atoms with Gasteiger partial charge in [0.25, 0.3) is 11.8 Å². The summed E-state index contributed by atoms with van der Waals surface area (Å²) in [4.78, 5) is 37.3. The Morgan fingerprint density at radius 1 is 0.933 bits per heavy atom. The molecule has 3 rings (SSSR count). The zero-order chi connectivity index (χ0) is 21.7. The van der Waals surface area contributed by atoms with Gasteiger partial charge >= 0.3 is 0 Å². The van der Waals surface area contributed by atoms with Crippen molar-refractivity contribution in [2.45, 2.75) is 6.92 Å². The number of aryl methyl sites for hydroxylation is 1. The molecule has 3 N–H and O–H groups in total. The van der Waals surface area contributed by atoms with E-state index in [2.05, 4.69) is 16.0 Å². The Morgan fingerprint density at radius 2 is 1.63 bits per heavy atom. The number of carbonyl (C=O) groups is 3. The van der Waals surface area contributed by atoms with Crippen LogP contribution in [0.5, 0.6) is 0 Å². The van der Waals surface area contributed by atoms with Gasteiger partial charge in [-0.15, -0.1) is 11.3 Å². The van der Waals surface area contributed by atoms with E-state index >= 15 is 0 Å². The number of benzene rings is 2. The molecule has 0 spiro atoms. The minimum atomic E-state index is -0.401. The van der Waals surface area contributed by atoms with Crippen molar-refractivity contribution in [2.75, 3.05) is 17.2 Å². The fraction of sp³-hybridized carbons (Fsp3) is 0.0952. The summed E-state index contributed by atoms with van der Waals surface area (Å²) in [7, 11) is 0. The summed E-state index contributed by atoms with van der Waals surface area (Å²) in [5.41, 5.74) is 1.61. The largest absolute Gasteiger partial charge is 0.342 e. The van der Waals surface area contributed by atoms with Gasteiger partial charge in [-0.25, -0.2) is 0 Å². The van der Waals surface area contributed by atoms with Crippen LogP contribution in [0.25, 0.3) is 0 Å². The van der Waals surface area contributed by atoms with Gasteiger partial charge in [0.1, 0.15) is 0 Å². The molecule has 0 atom stereocenters. The number of hydrogen-bond donors (Lipinski definition) is 3. The van der Waals surface area contributed by atoms with Crippen LogP contribution in [-0.4, -0.2) is 24.3 Å². The van der Waals surface area contributed by atoms with Gasteiger partial charge in [-0.05, 0) is 55.0 Å². The first-order valence-electron chi connectivity index (χ1n) is 8.83. The lowest BCUT2D eigenvalue weighted by molar-refractivity contribution is -0.115. The van der Waals surface area contributed by atoms with E-state index in [4.69, 9.17) is 23.2 Å². The van der Waals surface area contributed by atoms with Crippen LogP contribution in [0.15, 0.2) is 54.6 Å². The number of hydrogen-bond acceptors (Lipinski definition) is 4. The second-order valence-corrected chi connectivity index (χ2v) is 8.19. The molecule has 0 aliphatic heterocycles. The molecule has 154 valence electrons. The SMILES string of the molecule is Cc1cc(NC(=O)c2ccccc2Cl)sc1C(=O)NCC(=O)Nc1ccc(Cl)cc1. The summed E-state index contributed by atoms with van der Waals surface area (Å²) >= 11 is 13.0. The summed E-state index contributed by atoms with van der Waals surface area (Å²) in [6.07, 6.45) is 0. The molecule has 0 aliphatic rings. The molecule has 0 bridgehead atoms. The second-order valence-electron chi connectivity index (χ2n) is 6.29. The highest BCUT2D eigenvalue weighted by Gasteiger charge is 2.17. The van der Waals surface area contributed by atoms with Gasteiger partial charge < -0.3 is 16.0 Å². The maximum Gasteiger partial charge on any atom is 0.262 e. The maximum atomic E-state index is 12.5. The van der Waals surface area contributed by atoms with Gasteiger partial charge in [0.2, 0.25) is 5.91 Å². The van der Waals surface area contributed by atoms with Crippen LogP contribution in [0.2, 0.25) is 10.0 Å². The Morgan fingerprint density at radius 3 is 2.33 bits per heavy atom. The lowest BCUT2D eigenvalue weighted by Gasteiger charge is -2.07. The molecule has 3 aromatic rings. The molecule has 9 heteroatoms. The molecule has 2 aromatic carbocycles. The van der Waals surface area contributed by atoms with Gasteiger partial charge in [0, 0.05) is 10.7 Å². The van der Waals surface area contributed by atoms with E-state index < -0.39 is 5.91 Å². The van der Waals surface area contributed by atoms with E-state index in [1.807, 2.05) is 0 Å². The summed E-state index contributed by atoms with van der Waals surface area (Å²) in [6, 6.07) is 15.0. The summed E-state index contributed by atoms with van der Waals surface area (Å²) in [5, 5.41) is 9.40. The minimum absolute atomic E-state index is 0.194. The van der Waals surface area contributed by atoms with Gasteiger partial charge in [0.05, 0.1) is 27.0 Å². The third-order valence-electron chi connectivity index (χ3n) is 4.02. The van der Waals surface area contributed by atoms with Crippen molar-refractivity contribution in [3.8, 4) is 0 Å². The Hall–Kier alpha value is -2.87. The molecule has 0 unspecified atom stereocenters. The first kappa shape index (κ1) is 21.8. The van der Waals surface area contributed by atoms with E-state index in [1.54, 1.807) is 61.5 Å². The van der Waals surface area contributed by atoms with Crippen LogP contribution in [0.1, 0.15) is 25.6 Å². The van der Waals surface area contributed by atoms with Crippen LogP contribution in [0.3, 0.4) is 0 Å². The van der Waals surface area contributed by atoms with Gasteiger partial charge in [-0.2, -0.15) is 0 Å². The predicted octanol–water partition coefficient (Wildman–Crippen LogP) is 4.98. The van der Waals surface area contributed by atoms with Gasteiger partial charge in [-0.3, -0.25) is 14.4 Å². The highest BCUT2D eigenvalue weighted by atomic mass is 35.5. The summed E-state index contributed by atoms with van der Waals surface area (Å²) in [5.74, 6) is -1.13. The van der Waals surface area contributed by atoms with Crippen molar-refractivity contribution < 1.29 is 14.4 Å². The van der Waals surface area contributed by atoms with Gasteiger partial charge in [-0.1, -0.05) is 35.3 Å². The van der Waals surface area contributed by atoms with E-state index in [-0.39, 0.29) is 18.4 Å². The van der Waals surface area contributed by atoms with Crippen molar-refractivity contribution in [3.63, 3.8) is 0 Å². The topological polar surface area (TPSA) is 87.3 Å². The number of halogens is 2. The smallest absolute Gasteiger partial charge is 0.262 e. The number of carbonyl (C=O) groups excluding carboxylic acids is 3. The van der Waals surface area contributed by atoms with Crippen molar-refractivity contribution in [2.24, 2.45) is 0 Å². The lowest BCUT2D eigenvalue weighted by Crippen LogP contribution is -2.32. The van der Waals surface area contributed by atoms with E-state index in [0.717, 1.165) is 11.3 Å². The molecule has 6 nitrogen and oxygen atoms in total. The Labute approximate surface area is 187 Å². The predicted molar refractivity (Wildman–Crippen MR) is 121 cm³/mol. The molecule has 1 heterocycles. The quantitative estimate of drug-likeness (QED) is 0.483. The highest BCUT2D eigenvalue weighted by Crippen LogP contribution is 2.27. The van der Waals surface area contributed by atoms with Crippen LogP contribution in [0, 0.1) is 6.92 Å². The van der Waals surface area contributed by atoms with Crippen LogP contribution >= 0.6 is 34.5 Å². The number of thiophene rings is 1. The molecule has 30 heavy (non-hydrogen) atoms. The van der Waals surface area contributed by atoms with E-state index in [1.165, 1.54) is 0 Å². The normalized spacial score (nSPS) is 10.4.